The molecule has 0 fully saturated rings. The third-order valence-corrected chi connectivity index (χ3v) is 8.61. The average Bonchev–Trinajstić information content (AvgIpc) is 3.53. The maximum atomic E-state index is 6.40. The number of nitrogens with one attached hydrogen (secondary N) is 1. The molecule has 6 aromatic rings. The van der Waals surface area contributed by atoms with Gasteiger partial charge in [0.05, 0.1) is 11.1 Å². The zero-order chi connectivity index (χ0) is 28.8. The highest BCUT2D eigenvalue weighted by Gasteiger charge is 2.46. The van der Waals surface area contributed by atoms with E-state index in [9.17, 15) is 0 Å². The Balaban J connectivity index is 1.50. The first kappa shape index (κ1) is 25.9. The second-order valence-corrected chi connectivity index (χ2v) is 11.1. The molecule has 0 atom stereocenters. The molecule has 5 aromatic carbocycles. The third kappa shape index (κ3) is 3.79. The van der Waals surface area contributed by atoms with E-state index in [1.807, 2.05) is 25.2 Å². The number of fused-ring (bicyclic) bond motifs is 4. The van der Waals surface area contributed by atoms with Crippen LogP contribution in [0.1, 0.15) is 51.6 Å². The minimum atomic E-state index is -0.448. The van der Waals surface area contributed by atoms with Crippen molar-refractivity contribution >= 4 is 34.5 Å². The topological polar surface area (TPSA) is 25.2 Å². The Hall–Kier alpha value is -5.08. The van der Waals surface area contributed by atoms with Gasteiger partial charge in [0.25, 0.3) is 0 Å². The van der Waals surface area contributed by atoms with Crippen molar-refractivity contribution in [1.82, 2.24) is 0 Å². The van der Waals surface area contributed by atoms with Crippen molar-refractivity contribution in [3.63, 3.8) is 0 Å². The van der Waals surface area contributed by atoms with E-state index in [1.165, 1.54) is 44.5 Å². The van der Waals surface area contributed by atoms with Gasteiger partial charge in [-0.05, 0) is 66.8 Å². The molecule has 0 amide bonds. The molecule has 1 aliphatic carbocycles. The molecular formula is C40H33NO. The molecule has 1 N–H and O–H groups in total. The van der Waals surface area contributed by atoms with Gasteiger partial charge in [0.2, 0.25) is 0 Å². The first-order valence-corrected chi connectivity index (χ1v) is 14.5. The van der Waals surface area contributed by atoms with Crippen LogP contribution in [-0.4, -0.2) is 0 Å². The zero-order valence-electron chi connectivity index (χ0n) is 24.2. The van der Waals surface area contributed by atoms with Crippen LogP contribution in [0.3, 0.4) is 0 Å². The van der Waals surface area contributed by atoms with Crippen LogP contribution in [-0.2, 0) is 5.41 Å². The van der Waals surface area contributed by atoms with Crippen molar-refractivity contribution in [2.45, 2.75) is 26.2 Å². The fourth-order valence-electron chi connectivity index (χ4n) is 6.71. The Morgan fingerprint density at radius 1 is 0.690 bits per heavy atom. The van der Waals surface area contributed by atoms with E-state index < -0.39 is 5.41 Å². The van der Waals surface area contributed by atoms with Gasteiger partial charge in [-0.3, -0.25) is 0 Å². The number of benzene rings is 5. The predicted octanol–water partition coefficient (Wildman–Crippen LogP) is 10.8. The van der Waals surface area contributed by atoms with Crippen molar-refractivity contribution < 1.29 is 4.42 Å². The van der Waals surface area contributed by atoms with Gasteiger partial charge in [-0.25, -0.2) is 0 Å². The van der Waals surface area contributed by atoms with Gasteiger partial charge in [0.15, 0.2) is 5.58 Å². The summed E-state index contributed by atoms with van der Waals surface area (Å²) in [5, 5.41) is 4.85. The lowest BCUT2D eigenvalue weighted by Crippen LogP contribution is -2.28. The maximum absolute atomic E-state index is 6.40. The Morgan fingerprint density at radius 3 is 1.98 bits per heavy atom. The van der Waals surface area contributed by atoms with Crippen molar-refractivity contribution in [3.05, 3.63) is 167 Å². The molecule has 1 aromatic heterocycles. The monoisotopic (exact) mass is 543 g/mol. The Morgan fingerprint density at radius 2 is 1.31 bits per heavy atom. The maximum Gasteiger partial charge on any atom is 0.158 e. The molecule has 2 heteroatoms. The molecule has 204 valence electrons. The fraction of sp³-hybridized carbons (Fsp3) is 0.100. The first-order chi connectivity index (χ1) is 20.6. The lowest BCUT2D eigenvalue weighted by atomic mass is 9.67. The molecular weight excluding hydrogens is 510 g/mol. The third-order valence-electron chi connectivity index (χ3n) is 8.61. The molecule has 0 aliphatic heterocycles. The van der Waals surface area contributed by atoms with Gasteiger partial charge in [-0.2, -0.15) is 0 Å². The first-order valence-electron chi connectivity index (χ1n) is 14.5. The van der Waals surface area contributed by atoms with Crippen LogP contribution in [0, 0.1) is 13.8 Å². The van der Waals surface area contributed by atoms with Crippen LogP contribution in [0.15, 0.2) is 126 Å². The van der Waals surface area contributed by atoms with E-state index in [2.05, 4.69) is 135 Å². The lowest BCUT2D eigenvalue weighted by molar-refractivity contribution is 0.604. The second kappa shape index (κ2) is 10.1. The largest absolute Gasteiger partial charge is 0.454 e. The van der Waals surface area contributed by atoms with Crippen molar-refractivity contribution in [2.75, 3.05) is 5.32 Å². The number of hydrogen-bond acceptors (Lipinski definition) is 2. The number of para-hydroxylation sites is 1. The SMILES string of the molecule is C=Cc1c(/C=C\C)oc2c(Nc3cccc4c3-c3ccccc3C4(c3ccc(C)cc3)c3ccc(C)cc3)cccc12. The number of furan rings is 1. The van der Waals surface area contributed by atoms with E-state index >= 15 is 0 Å². The van der Waals surface area contributed by atoms with E-state index in [0.717, 1.165) is 33.7 Å². The quantitative estimate of drug-likeness (QED) is 0.226. The van der Waals surface area contributed by atoms with Crippen LogP contribution < -0.4 is 5.32 Å². The predicted molar refractivity (Wildman–Crippen MR) is 178 cm³/mol. The number of hydrogen-bond donors (Lipinski definition) is 1. The summed E-state index contributed by atoms with van der Waals surface area (Å²) in [6, 6.07) is 39.9. The Kier molecular flexibility index (Phi) is 6.21. The van der Waals surface area contributed by atoms with E-state index in [-0.39, 0.29) is 0 Å². The highest BCUT2D eigenvalue weighted by molar-refractivity contribution is 6.01. The molecule has 0 radical (unpaired) electrons. The molecule has 7 rings (SSSR count). The number of rotatable bonds is 6. The molecule has 1 heterocycles. The molecule has 0 spiro atoms. The number of aryl methyl sites for hydroxylation is 2. The minimum Gasteiger partial charge on any atom is -0.454 e. The van der Waals surface area contributed by atoms with E-state index in [4.69, 9.17) is 4.42 Å². The summed E-state index contributed by atoms with van der Waals surface area (Å²) in [6.07, 6.45) is 5.86. The molecule has 1 aliphatic rings. The Bertz CT molecular complexity index is 1940. The van der Waals surface area contributed by atoms with Crippen LogP contribution in [0.4, 0.5) is 11.4 Å². The van der Waals surface area contributed by atoms with Gasteiger partial charge in [0, 0.05) is 22.2 Å². The van der Waals surface area contributed by atoms with Crippen LogP contribution in [0.2, 0.25) is 0 Å². The van der Waals surface area contributed by atoms with Crippen LogP contribution >= 0.6 is 0 Å². The summed E-state index contributed by atoms with van der Waals surface area (Å²) < 4.78 is 6.40. The summed E-state index contributed by atoms with van der Waals surface area (Å²) in [6.45, 7) is 10.3. The molecule has 0 bridgehead atoms. The van der Waals surface area contributed by atoms with Crippen molar-refractivity contribution in [1.29, 1.82) is 0 Å². The van der Waals surface area contributed by atoms with Crippen LogP contribution in [0.25, 0.3) is 34.2 Å². The fourth-order valence-corrected chi connectivity index (χ4v) is 6.71. The lowest BCUT2D eigenvalue weighted by Gasteiger charge is -2.34. The minimum absolute atomic E-state index is 0.448. The van der Waals surface area contributed by atoms with Gasteiger partial charge in [-0.15, -0.1) is 0 Å². The van der Waals surface area contributed by atoms with Gasteiger partial charge < -0.3 is 9.73 Å². The molecule has 0 saturated heterocycles. The number of allylic oxidation sites excluding steroid dienone is 1. The molecule has 0 unspecified atom stereocenters. The summed E-state index contributed by atoms with van der Waals surface area (Å²) >= 11 is 0. The van der Waals surface area contributed by atoms with E-state index in [1.54, 1.807) is 0 Å². The van der Waals surface area contributed by atoms with Crippen LogP contribution in [0.5, 0.6) is 0 Å². The number of anilines is 2. The summed E-state index contributed by atoms with van der Waals surface area (Å²) in [5.41, 5.74) is 13.4. The molecule has 0 saturated carbocycles. The zero-order valence-corrected chi connectivity index (χ0v) is 24.2. The highest BCUT2D eigenvalue weighted by atomic mass is 16.3. The second-order valence-electron chi connectivity index (χ2n) is 11.1. The standard InChI is InChI=1S/C40H33NO/c1-5-11-37-30(6-2)31-13-9-17-36(39(31)42-37)41-35-16-10-15-34-38(35)32-12-7-8-14-33(32)40(34,28-22-18-26(3)19-23-28)29-24-20-27(4)21-25-29/h5-25,41H,2H2,1,3-4H3/b11-5-. The molecule has 2 nitrogen and oxygen atoms in total. The average molecular weight is 544 g/mol. The van der Waals surface area contributed by atoms with Gasteiger partial charge in [-0.1, -0.05) is 127 Å². The van der Waals surface area contributed by atoms with Crippen molar-refractivity contribution in [3.8, 4) is 11.1 Å². The van der Waals surface area contributed by atoms with E-state index in [0.29, 0.717) is 0 Å². The smallest absolute Gasteiger partial charge is 0.158 e. The van der Waals surface area contributed by atoms with Crippen molar-refractivity contribution in [2.24, 2.45) is 0 Å². The molecule has 42 heavy (non-hydrogen) atoms. The van der Waals surface area contributed by atoms with Gasteiger partial charge >= 0.3 is 0 Å². The summed E-state index contributed by atoms with van der Waals surface area (Å²) in [4.78, 5) is 0. The van der Waals surface area contributed by atoms with Gasteiger partial charge in [0.1, 0.15) is 5.76 Å². The summed E-state index contributed by atoms with van der Waals surface area (Å²) in [5.74, 6) is 0.818. The summed E-state index contributed by atoms with van der Waals surface area (Å²) in [7, 11) is 0. The Labute approximate surface area is 247 Å². The normalized spacial score (nSPS) is 13.3. The highest BCUT2D eigenvalue weighted by Crippen LogP contribution is 2.58.